The van der Waals surface area contributed by atoms with Crippen LogP contribution in [0.15, 0.2) is 45.5 Å². The van der Waals surface area contributed by atoms with Gasteiger partial charge in [0.15, 0.2) is 0 Å². The van der Waals surface area contributed by atoms with Gasteiger partial charge >= 0.3 is 0 Å². The molecule has 94 valence electrons. The zero-order valence-corrected chi connectivity index (χ0v) is 12.4. The first-order valence-electron chi connectivity index (χ1n) is 5.29. The molecule has 5 heteroatoms. The number of rotatable bonds is 3. The number of aliphatic hydroxyl groups excluding tert-OH is 1. The van der Waals surface area contributed by atoms with E-state index in [0.29, 0.717) is 12.1 Å². The Bertz CT molecular complexity index is 562. The van der Waals surface area contributed by atoms with E-state index < -0.39 is 6.10 Å². The van der Waals surface area contributed by atoms with E-state index in [4.69, 9.17) is 0 Å². The molecule has 0 radical (unpaired) electrons. The Hall–Kier alpha value is -0.780. The lowest BCUT2D eigenvalue weighted by Gasteiger charge is -2.12. The molecular formula is C13H10Br2FNO. The second kappa shape index (κ2) is 5.91. The van der Waals surface area contributed by atoms with Crippen molar-refractivity contribution >= 4 is 31.9 Å². The van der Waals surface area contributed by atoms with Crippen LogP contribution in [-0.4, -0.2) is 10.1 Å². The Kier molecular flexibility index (Phi) is 4.48. The highest BCUT2D eigenvalue weighted by Gasteiger charge is 2.14. The van der Waals surface area contributed by atoms with Gasteiger partial charge in [0.2, 0.25) is 0 Å². The summed E-state index contributed by atoms with van der Waals surface area (Å²) in [7, 11) is 0. The van der Waals surface area contributed by atoms with Crippen molar-refractivity contribution in [1.82, 2.24) is 4.98 Å². The van der Waals surface area contributed by atoms with E-state index in [2.05, 4.69) is 36.8 Å². The summed E-state index contributed by atoms with van der Waals surface area (Å²) in [6.07, 6.45) is 1.18. The predicted octanol–water partition coefficient (Wildman–Crippen LogP) is 4.02. The topological polar surface area (TPSA) is 33.1 Å². The summed E-state index contributed by atoms with van der Waals surface area (Å²) in [5.41, 5.74) is 1.28. The van der Waals surface area contributed by atoms with E-state index in [-0.39, 0.29) is 5.82 Å². The maximum Gasteiger partial charge on any atom is 0.123 e. The number of pyridine rings is 1. The first-order valence-corrected chi connectivity index (χ1v) is 6.88. The molecule has 1 atom stereocenters. The van der Waals surface area contributed by atoms with Crippen LogP contribution in [0.2, 0.25) is 0 Å². The number of hydrogen-bond acceptors (Lipinski definition) is 2. The lowest BCUT2D eigenvalue weighted by atomic mass is 10.1. The van der Waals surface area contributed by atoms with Crippen LogP contribution in [-0.2, 0) is 6.42 Å². The van der Waals surface area contributed by atoms with Crippen LogP contribution < -0.4 is 0 Å². The third-order valence-corrected chi connectivity index (χ3v) is 3.54. The summed E-state index contributed by atoms with van der Waals surface area (Å²) in [6, 6.07) is 8.01. The van der Waals surface area contributed by atoms with Crippen molar-refractivity contribution in [2.75, 3.05) is 0 Å². The van der Waals surface area contributed by atoms with Crippen molar-refractivity contribution in [3.05, 3.63) is 62.5 Å². The highest BCUT2D eigenvalue weighted by Crippen LogP contribution is 2.26. The third-order valence-electron chi connectivity index (χ3n) is 2.47. The number of aliphatic hydroxyl groups is 1. The van der Waals surface area contributed by atoms with Crippen molar-refractivity contribution in [1.29, 1.82) is 0 Å². The number of hydrogen-bond donors (Lipinski definition) is 1. The predicted molar refractivity (Wildman–Crippen MR) is 74.7 cm³/mol. The van der Waals surface area contributed by atoms with E-state index in [1.165, 1.54) is 12.1 Å². The van der Waals surface area contributed by atoms with Gasteiger partial charge in [-0.3, -0.25) is 4.98 Å². The average Bonchev–Trinajstić information content (AvgIpc) is 2.28. The zero-order chi connectivity index (χ0) is 13.1. The summed E-state index contributed by atoms with van der Waals surface area (Å²) in [6.45, 7) is 0. The van der Waals surface area contributed by atoms with E-state index in [1.54, 1.807) is 18.3 Å². The van der Waals surface area contributed by atoms with Gasteiger partial charge in [0, 0.05) is 21.6 Å². The molecule has 2 nitrogen and oxygen atoms in total. The Morgan fingerprint density at radius 1 is 1.28 bits per heavy atom. The van der Waals surface area contributed by atoms with Gasteiger partial charge < -0.3 is 5.11 Å². The molecule has 0 spiro atoms. The molecule has 0 aliphatic carbocycles. The molecule has 0 saturated heterocycles. The zero-order valence-electron chi connectivity index (χ0n) is 9.28. The van der Waals surface area contributed by atoms with Crippen LogP contribution in [0.1, 0.15) is 17.4 Å². The molecule has 18 heavy (non-hydrogen) atoms. The summed E-state index contributed by atoms with van der Waals surface area (Å²) >= 11 is 6.65. The minimum atomic E-state index is -0.769. The van der Waals surface area contributed by atoms with Gasteiger partial charge in [-0.25, -0.2) is 4.39 Å². The SMILES string of the molecule is OC(Cc1cccc(F)c1)c1ncc(Br)cc1Br. The largest absolute Gasteiger partial charge is 0.386 e. The van der Waals surface area contributed by atoms with Gasteiger partial charge in [-0.15, -0.1) is 0 Å². The van der Waals surface area contributed by atoms with Gasteiger partial charge in [-0.2, -0.15) is 0 Å². The maximum absolute atomic E-state index is 13.0. The Balaban J connectivity index is 2.19. The smallest absolute Gasteiger partial charge is 0.123 e. The van der Waals surface area contributed by atoms with Crippen LogP contribution in [0, 0.1) is 5.82 Å². The lowest BCUT2D eigenvalue weighted by Crippen LogP contribution is -2.05. The van der Waals surface area contributed by atoms with Gasteiger partial charge in [-0.05, 0) is 55.6 Å². The monoisotopic (exact) mass is 373 g/mol. The van der Waals surface area contributed by atoms with E-state index >= 15 is 0 Å². The van der Waals surface area contributed by atoms with Gasteiger partial charge in [0.25, 0.3) is 0 Å². The minimum Gasteiger partial charge on any atom is -0.386 e. The highest BCUT2D eigenvalue weighted by molar-refractivity contribution is 9.11. The fourth-order valence-electron chi connectivity index (χ4n) is 1.65. The first-order chi connectivity index (χ1) is 8.56. The molecule has 0 bridgehead atoms. The number of benzene rings is 1. The third kappa shape index (κ3) is 3.37. The van der Waals surface area contributed by atoms with Crippen molar-refractivity contribution < 1.29 is 9.50 Å². The Morgan fingerprint density at radius 2 is 2.06 bits per heavy atom. The Labute approximate surface area is 121 Å². The lowest BCUT2D eigenvalue weighted by molar-refractivity contribution is 0.172. The molecule has 1 aromatic carbocycles. The average molecular weight is 375 g/mol. The molecule has 1 N–H and O–H groups in total. The highest BCUT2D eigenvalue weighted by atomic mass is 79.9. The molecule has 1 unspecified atom stereocenters. The molecule has 1 heterocycles. The standard InChI is InChI=1S/C13H10Br2FNO/c14-9-6-11(15)13(17-7-9)12(18)5-8-2-1-3-10(16)4-8/h1-4,6-7,12,18H,5H2. The van der Waals surface area contributed by atoms with Crippen molar-refractivity contribution in [2.45, 2.75) is 12.5 Å². The fraction of sp³-hybridized carbons (Fsp3) is 0.154. The van der Waals surface area contributed by atoms with Crippen molar-refractivity contribution in [3.63, 3.8) is 0 Å². The molecular weight excluding hydrogens is 365 g/mol. The summed E-state index contributed by atoms with van der Waals surface area (Å²) in [5.74, 6) is -0.303. The van der Waals surface area contributed by atoms with Crippen molar-refractivity contribution in [3.8, 4) is 0 Å². The van der Waals surface area contributed by atoms with Crippen LogP contribution in [0.5, 0.6) is 0 Å². The number of nitrogens with zero attached hydrogens (tertiary/aromatic N) is 1. The molecule has 0 amide bonds. The molecule has 2 rings (SSSR count). The Morgan fingerprint density at radius 3 is 2.72 bits per heavy atom. The molecule has 0 aliphatic rings. The second-order valence-corrected chi connectivity index (χ2v) is 5.64. The van der Waals surface area contributed by atoms with Crippen LogP contribution in [0.4, 0.5) is 4.39 Å². The normalized spacial score (nSPS) is 12.4. The van der Waals surface area contributed by atoms with Crippen LogP contribution in [0.3, 0.4) is 0 Å². The summed E-state index contributed by atoms with van der Waals surface area (Å²) < 4.78 is 14.6. The van der Waals surface area contributed by atoms with Gasteiger partial charge in [0.1, 0.15) is 11.9 Å². The minimum absolute atomic E-state index is 0.303. The fourth-order valence-corrected chi connectivity index (χ4v) is 2.91. The second-order valence-electron chi connectivity index (χ2n) is 3.87. The van der Waals surface area contributed by atoms with Gasteiger partial charge in [-0.1, -0.05) is 12.1 Å². The first kappa shape index (κ1) is 13.6. The molecule has 0 saturated carbocycles. The van der Waals surface area contributed by atoms with Crippen LogP contribution >= 0.6 is 31.9 Å². The molecule has 0 aliphatic heterocycles. The molecule has 2 aromatic rings. The van der Waals surface area contributed by atoms with E-state index in [1.807, 2.05) is 6.07 Å². The van der Waals surface area contributed by atoms with Crippen molar-refractivity contribution in [2.24, 2.45) is 0 Å². The van der Waals surface area contributed by atoms with Gasteiger partial charge in [0.05, 0.1) is 5.69 Å². The molecule has 0 fully saturated rings. The summed E-state index contributed by atoms with van der Waals surface area (Å²) in [4.78, 5) is 4.16. The van der Waals surface area contributed by atoms with E-state index in [9.17, 15) is 9.50 Å². The number of aromatic nitrogens is 1. The maximum atomic E-state index is 13.0. The quantitative estimate of drug-likeness (QED) is 0.880. The number of halogens is 3. The van der Waals surface area contributed by atoms with Crippen LogP contribution in [0.25, 0.3) is 0 Å². The summed E-state index contributed by atoms with van der Waals surface area (Å²) in [5, 5.41) is 10.1. The van der Waals surface area contributed by atoms with E-state index in [0.717, 1.165) is 14.5 Å². The molecule has 1 aromatic heterocycles.